The minimum atomic E-state index is -0.390. The summed E-state index contributed by atoms with van der Waals surface area (Å²) in [5.41, 5.74) is 1.44. The van der Waals surface area contributed by atoms with E-state index in [1.165, 1.54) is 12.1 Å². The molecule has 0 unspecified atom stereocenters. The maximum absolute atomic E-state index is 13.1. The Morgan fingerprint density at radius 3 is 2.47 bits per heavy atom. The van der Waals surface area contributed by atoms with E-state index in [2.05, 4.69) is 15.9 Å². The van der Waals surface area contributed by atoms with Crippen LogP contribution in [0.15, 0.2) is 76.1 Å². The molecular weight excluding hydrogens is 545 g/mol. The predicted octanol–water partition coefficient (Wildman–Crippen LogP) is 6.94. The van der Waals surface area contributed by atoms with E-state index in [0.29, 0.717) is 27.0 Å². The summed E-state index contributed by atoms with van der Waals surface area (Å²) in [6.45, 7) is 0.513. The standard InChI is InChI=1S/C25H18BrClFNO4S/c26-18-3-10-22(33-15-16-1-6-20(28)7-2-16)17(13-18)14-23-24(30)29(25(31)34-23)11-12-32-21-8-4-19(27)5-9-21/h1-10,13-14H,11-12,15H2/b23-14-. The molecule has 5 nitrogen and oxygen atoms in total. The summed E-state index contributed by atoms with van der Waals surface area (Å²) in [7, 11) is 0. The van der Waals surface area contributed by atoms with Crippen LogP contribution in [-0.4, -0.2) is 29.2 Å². The Balaban J connectivity index is 1.43. The number of rotatable bonds is 8. The van der Waals surface area contributed by atoms with Crippen LogP contribution in [0.4, 0.5) is 9.18 Å². The van der Waals surface area contributed by atoms with Crippen molar-refractivity contribution < 1.29 is 23.5 Å². The van der Waals surface area contributed by atoms with E-state index in [4.69, 9.17) is 21.1 Å². The minimum Gasteiger partial charge on any atom is -0.492 e. The van der Waals surface area contributed by atoms with Gasteiger partial charge in [0.2, 0.25) is 0 Å². The molecule has 0 atom stereocenters. The molecule has 0 bridgehead atoms. The zero-order chi connectivity index (χ0) is 24.1. The highest BCUT2D eigenvalue weighted by Crippen LogP contribution is 2.35. The van der Waals surface area contributed by atoms with Crippen molar-refractivity contribution in [3.8, 4) is 11.5 Å². The lowest BCUT2D eigenvalue weighted by Crippen LogP contribution is -2.32. The topological polar surface area (TPSA) is 55.8 Å². The molecule has 3 aromatic rings. The van der Waals surface area contributed by atoms with E-state index in [1.807, 2.05) is 6.07 Å². The molecule has 0 N–H and O–H groups in total. The molecule has 9 heteroatoms. The van der Waals surface area contributed by atoms with Gasteiger partial charge in [0, 0.05) is 15.1 Å². The minimum absolute atomic E-state index is 0.122. The third-order valence-electron chi connectivity index (χ3n) is 4.84. The van der Waals surface area contributed by atoms with Crippen molar-refractivity contribution in [2.75, 3.05) is 13.2 Å². The molecule has 0 aliphatic carbocycles. The lowest BCUT2D eigenvalue weighted by atomic mass is 10.1. The lowest BCUT2D eigenvalue weighted by molar-refractivity contribution is -0.123. The zero-order valence-electron chi connectivity index (χ0n) is 17.7. The average molecular weight is 563 g/mol. The first-order valence-electron chi connectivity index (χ1n) is 10.2. The van der Waals surface area contributed by atoms with Crippen LogP contribution in [0.5, 0.6) is 11.5 Å². The molecule has 1 aliphatic rings. The first-order chi connectivity index (χ1) is 16.4. The maximum atomic E-state index is 13.1. The van der Waals surface area contributed by atoms with Gasteiger partial charge in [-0.1, -0.05) is 39.7 Å². The molecule has 2 amide bonds. The second-order valence-electron chi connectivity index (χ2n) is 7.23. The number of thioether (sulfide) groups is 1. The molecule has 0 aromatic heterocycles. The molecule has 1 saturated heterocycles. The van der Waals surface area contributed by atoms with Crippen molar-refractivity contribution in [1.29, 1.82) is 0 Å². The van der Waals surface area contributed by atoms with Crippen LogP contribution in [0.25, 0.3) is 6.08 Å². The maximum Gasteiger partial charge on any atom is 0.293 e. The highest BCUT2D eigenvalue weighted by atomic mass is 79.9. The van der Waals surface area contributed by atoms with Gasteiger partial charge in [-0.3, -0.25) is 14.5 Å². The number of nitrogens with zero attached hydrogens (tertiary/aromatic N) is 1. The summed E-state index contributed by atoms with van der Waals surface area (Å²) in [5, 5.41) is 0.233. The summed E-state index contributed by atoms with van der Waals surface area (Å²) in [5.74, 6) is 0.427. The Hall–Kier alpha value is -2.81. The fourth-order valence-corrected chi connectivity index (χ4v) is 4.49. The average Bonchev–Trinajstić information content (AvgIpc) is 3.08. The van der Waals surface area contributed by atoms with E-state index < -0.39 is 0 Å². The van der Waals surface area contributed by atoms with Gasteiger partial charge in [-0.15, -0.1) is 0 Å². The summed E-state index contributed by atoms with van der Waals surface area (Å²) >= 11 is 10.2. The molecule has 0 radical (unpaired) electrons. The van der Waals surface area contributed by atoms with Crippen LogP contribution in [0.3, 0.4) is 0 Å². The van der Waals surface area contributed by atoms with E-state index in [1.54, 1.807) is 54.6 Å². The van der Waals surface area contributed by atoms with E-state index in [0.717, 1.165) is 26.7 Å². The third kappa shape index (κ3) is 6.20. The van der Waals surface area contributed by atoms with Crippen molar-refractivity contribution in [3.63, 3.8) is 0 Å². The number of amides is 2. The Kier molecular flexibility index (Phi) is 7.92. The third-order valence-corrected chi connectivity index (χ3v) is 6.49. The first-order valence-corrected chi connectivity index (χ1v) is 12.2. The van der Waals surface area contributed by atoms with Crippen molar-refractivity contribution >= 4 is 56.5 Å². The van der Waals surface area contributed by atoms with Gasteiger partial charge in [-0.25, -0.2) is 4.39 Å². The van der Waals surface area contributed by atoms with Crippen LogP contribution >= 0.6 is 39.3 Å². The molecule has 3 aromatic carbocycles. The van der Waals surface area contributed by atoms with E-state index in [-0.39, 0.29) is 36.7 Å². The molecule has 1 aliphatic heterocycles. The Labute approximate surface area is 213 Å². The molecule has 1 fully saturated rings. The predicted molar refractivity (Wildman–Crippen MR) is 134 cm³/mol. The SMILES string of the molecule is O=C1S/C(=C\c2cc(Br)ccc2OCc2ccc(F)cc2)C(=O)N1CCOc1ccc(Cl)cc1. The summed E-state index contributed by atoms with van der Waals surface area (Å²) in [4.78, 5) is 26.8. The summed E-state index contributed by atoms with van der Waals surface area (Å²) in [6.07, 6.45) is 1.63. The van der Waals surface area contributed by atoms with Gasteiger partial charge in [0.25, 0.3) is 11.1 Å². The van der Waals surface area contributed by atoms with Crippen LogP contribution in [0, 0.1) is 5.82 Å². The molecule has 4 rings (SSSR count). The lowest BCUT2D eigenvalue weighted by Gasteiger charge is -2.13. The van der Waals surface area contributed by atoms with Gasteiger partial charge in [0.05, 0.1) is 11.4 Å². The quantitative estimate of drug-likeness (QED) is 0.279. The Morgan fingerprint density at radius 1 is 1.00 bits per heavy atom. The van der Waals surface area contributed by atoms with Gasteiger partial charge in [-0.2, -0.15) is 0 Å². The number of hydrogen-bond acceptors (Lipinski definition) is 5. The van der Waals surface area contributed by atoms with Crippen molar-refractivity contribution in [2.24, 2.45) is 0 Å². The van der Waals surface area contributed by atoms with Crippen LogP contribution in [-0.2, 0) is 11.4 Å². The van der Waals surface area contributed by atoms with Crippen LogP contribution < -0.4 is 9.47 Å². The molecule has 174 valence electrons. The van der Waals surface area contributed by atoms with Gasteiger partial charge < -0.3 is 9.47 Å². The Morgan fingerprint density at radius 2 is 1.74 bits per heavy atom. The fraction of sp³-hybridized carbons (Fsp3) is 0.120. The number of hydrogen-bond donors (Lipinski definition) is 0. The molecule has 0 saturated carbocycles. The number of halogens is 3. The summed E-state index contributed by atoms with van der Waals surface area (Å²) < 4.78 is 25.4. The summed E-state index contributed by atoms with van der Waals surface area (Å²) in [6, 6.07) is 18.3. The number of carbonyl (C=O) groups is 2. The van der Waals surface area contributed by atoms with E-state index in [9.17, 15) is 14.0 Å². The van der Waals surface area contributed by atoms with Crippen LogP contribution in [0.1, 0.15) is 11.1 Å². The normalized spacial score (nSPS) is 14.7. The highest BCUT2D eigenvalue weighted by molar-refractivity contribution is 9.10. The molecule has 0 spiro atoms. The van der Waals surface area contributed by atoms with Gasteiger partial charge in [-0.05, 0) is 78.0 Å². The molecule has 34 heavy (non-hydrogen) atoms. The second-order valence-corrected chi connectivity index (χ2v) is 9.58. The molecular formula is C25H18BrClFNO4S. The second kappa shape index (κ2) is 11.1. The number of ether oxygens (including phenoxy) is 2. The van der Waals surface area contributed by atoms with Gasteiger partial charge >= 0.3 is 0 Å². The van der Waals surface area contributed by atoms with Crippen molar-refractivity contribution in [2.45, 2.75) is 6.61 Å². The smallest absolute Gasteiger partial charge is 0.293 e. The largest absolute Gasteiger partial charge is 0.492 e. The number of imide groups is 1. The molecule has 1 heterocycles. The van der Waals surface area contributed by atoms with E-state index >= 15 is 0 Å². The number of carbonyl (C=O) groups excluding carboxylic acids is 2. The van der Waals surface area contributed by atoms with Gasteiger partial charge in [0.15, 0.2) is 0 Å². The monoisotopic (exact) mass is 561 g/mol. The highest BCUT2D eigenvalue weighted by Gasteiger charge is 2.35. The van der Waals surface area contributed by atoms with Gasteiger partial charge in [0.1, 0.15) is 30.5 Å². The van der Waals surface area contributed by atoms with Crippen LogP contribution in [0.2, 0.25) is 5.02 Å². The fourth-order valence-electron chi connectivity index (χ4n) is 3.12. The first kappa shape index (κ1) is 24.3. The van der Waals surface area contributed by atoms with Crippen molar-refractivity contribution in [3.05, 3.63) is 98.1 Å². The van der Waals surface area contributed by atoms with Crippen molar-refractivity contribution in [1.82, 2.24) is 4.90 Å². The Bertz CT molecular complexity index is 1230. The zero-order valence-corrected chi connectivity index (χ0v) is 20.8. The number of benzene rings is 3.